The fourth-order valence-corrected chi connectivity index (χ4v) is 3.86. The van der Waals surface area contributed by atoms with Crippen LogP contribution in [0.5, 0.6) is 0 Å². The van der Waals surface area contributed by atoms with E-state index in [0.29, 0.717) is 21.3 Å². The van der Waals surface area contributed by atoms with E-state index < -0.39 is 5.69 Å². The van der Waals surface area contributed by atoms with Crippen LogP contribution in [0.2, 0.25) is 0 Å². The summed E-state index contributed by atoms with van der Waals surface area (Å²) in [6, 6.07) is 13.4. The third-order valence-corrected chi connectivity index (χ3v) is 5.21. The molecule has 2 aromatic heterocycles. The van der Waals surface area contributed by atoms with Crippen molar-refractivity contribution in [3.05, 3.63) is 104 Å². The molecule has 2 aromatic carbocycles. The number of rotatable bonds is 4. The predicted octanol–water partition coefficient (Wildman–Crippen LogP) is 3.60. The summed E-state index contributed by atoms with van der Waals surface area (Å²) in [7, 11) is 0. The van der Waals surface area contributed by atoms with Crippen molar-refractivity contribution in [3.8, 4) is 0 Å². The summed E-state index contributed by atoms with van der Waals surface area (Å²) in [5.41, 5.74) is 0.916. The van der Waals surface area contributed by atoms with E-state index in [1.807, 2.05) is 0 Å². The Kier molecular flexibility index (Phi) is 4.45. The van der Waals surface area contributed by atoms with Crippen LogP contribution in [0.4, 0.5) is 8.78 Å². The van der Waals surface area contributed by atoms with Gasteiger partial charge in [-0.25, -0.2) is 13.6 Å². The molecular weight excluding hydrogens is 370 g/mol. The standard InChI is InChI=1S/C20H14F2N2O2S/c21-15-6-4-13(5-7-15)11-24-19(25)18-17(8-9-27-18)23(20(24)26)12-14-2-1-3-16(22)10-14/h1-10H,11-12H2. The van der Waals surface area contributed by atoms with Crippen molar-refractivity contribution in [1.82, 2.24) is 9.13 Å². The van der Waals surface area contributed by atoms with Crippen LogP contribution in [-0.2, 0) is 13.1 Å². The molecule has 2 heterocycles. The van der Waals surface area contributed by atoms with Crippen LogP contribution < -0.4 is 11.2 Å². The van der Waals surface area contributed by atoms with Crippen LogP contribution in [0.25, 0.3) is 10.2 Å². The molecule has 0 N–H and O–H groups in total. The normalized spacial score (nSPS) is 11.2. The first-order valence-corrected chi connectivity index (χ1v) is 9.10. The van der Waals surface area contributed by atoms with Gasteiger partial charge >= 0.3 is 5.69 Å². The number of nitrogens with zero attached hydrogens (tertiary/aromatic N) is 2. The van der Waals surface area contributed by atoms with Crippen molar-refractivity contribution < 1.29 is 8.78 Å². The predicted molar refractivity (Wildman–Crippen MR) is 101 cm³/mol. The van der Waals surface area contributed by atoms with Gasteiger partial charge in [0.25, 0.3) is 5.56 Å². The molecule has 4 nitrogen and oxygen atoms in total. The average Bonchev–Trinajstić information content (AvgIpc) is 3.14. The maximum atomic E-state index is 13.5. The van der Waals surface area contributed by atoms with Gasteiger partial charge < -0.3 is 0 Å². The van der Waals surface area contributed by atoms with Crippen molar-refractivity contribution in [1.29, 1.82) is 0 Å². The Labute approximate surface area is 156 Å². The lowest BCUT2D eigenvalue weighted by Gasteiger charge is -2.12. The Hall–Kier alpha value is -3.06. The molecule has 0 bridgehead atoms. The van der Waals surface area contributed by atoms with Crippen LogP contribution in [0.3, 0.4) is 0 Å². The maximum absolute atomic E-state index is 13.5. The lowest BCUT2D eigenvalue weighted by molar-refractivity contribution is 0.612. The number of benzene rings is 2. The largest absolute Gasteiger partial charge is 0.332 e. The highest BCUT2D eigenvalue weighted by Crippen LogP contribution is 2.17. The first-order chi connectivity index (χ1) is 13.0. The third kappa shape index (κ3) is 3.33. The highest BCUT2D eigenvalue weighted by atomic mass is 32.1. The second-order valence-electron chi connectivity index (χ2n) is 6.15. The summed E-state index contributed by atoms with van der Waals surface area (Å²) >= 11 is 1.25. The smallest absolute Gasteiger partial charge is 0.288 e. The van der Waals surface area contributed by atoms with E-state index in [1.165, 1.54) is 52.3 Å². The molecule has 27 heavy (non-hydrogen) atoms. The Morgan fingerprint density at radius 1 is 0.815 bits per heavy atom. The summed E-state index contributed by atoms with van der Waals surface area (Å²) in [6.45, 7) is 0.183. The lowest BCUT2D eigenvalue weighted by atomic mass is 10.2. The third-order valence-electron chi connectivity index (χ3n) is 4.32. The number of thiophene rings is 1. The van der Waals surface area contributed by atoms with E-state index in [2.05, 4.69) is 0 Å². The fourth-order valence-electron chi connectivity index (χ4n) is 3.02. The maximum Gasteiger partial charge on any atom is 0.332 e. The average molecular weight is 384 g/mol. The molecule has 7 heteroatoms. The van der Waals surface area contributed by atoms with Crippen LogP contribution >= 0.6 is 11.3 Å². The first-order valence-electron chi connectivity index (χ1n) is 8.22. The van der Waals surface area contributed by atoms with Gasteiger partial charge in [0, 0.05) is 0 Å². The molecular formula is C20H14F2N2O2S. The number of halogens is 2. The zero-order valence-electron chi connectivity index (χ0n) is 14.1. The molecule has 0 fully saturated rings. The molecule has 4 aromatic rings. The second-order valence-corrected chi connectivity index (χ2v) is 7.07. The molecule has 0 amide bonds. The minimum Gasteiger partial charge on any atom is -0.288 e. The molecule has 0 spiro atoms. The van der Waals surface area contributed by atoms with Crippen molar-refractivity contribution >= 4 is 21.6 Å². The van der Waals surface area contributed by atoms with Crippen molar-refractivity contribution in [3.63, 3.8) is 0 Å². The second kappa shape index (κ2) is 6.92. The van der Waals surface area contributed by atoms with Crippen LogP contribution in [-0.4, -0.2) is 9.13 Å². The van der Waals surface area contributed by atoms with Gasteiger partial charge in [-0.05, 0) is 46.8 Å². The Balaban J connectivity index is 1.86. The summed E-state index contributed by atoms with van der Waals surface area (Å²) in [4.78, 5) is 25.8. The molecule has 0 aliphatic heterocycles. The summed E-state index contributed by atoms with van der Waals surface area (Å²) in [6.07, 6.45) is 0. The molecule has 0 radical (unpaired) electrons. The van der Waals surface area contributed by atoms with Crippen LogP contribution in [0.1, 0.15) is 11.1 Å². The molecule has 0 atom stereocenters. The summed E-state index contributed by atoms with van der Waals surface area (Å²) in [5.74, 6) is -0.773. The lowest BCUT2D eigenvalue weighted by Crippen LogP contribution is -2.40. The molecule has 0 unspecified atom stereocenters. The van der Waals surface area contributed by atoms with Crippen molar-refractivity contribution in [2.75, 3.05) is 0 Å². The van der Waals surface area contributed by atoms with Gasteiger partial charge in [0.2, 0.25) is 0 Å². The molecule has 136 valence electrons. The molecule has 0 saturated carbocycles. The van der Waals surface area contributed by atoms with Crippen molar-refractivity contribution in [2.24, 2.45) is 0 Å². The minimum atomic E-state index is -0.487. The quantitative estimate of drug-likeness (QED) is 0.540. The highest BCUT2D eigenvalue weighted by Gasteiger charge is 2.15. The summed E-state index contributed by atoms with van der Waals surface area (Å²) < 4.78 is 29.7. The first kappa shape index (κ1) is 17.4. The fraction of sp³-hybridized carbons (Fsp3) is 0.100. The number of hydrogen-bond donors (Lipinski definition) is 0. The van der Waals surface area contributed by atoms with E-state index >= 15 is 0 Å². The molecule has 0 aliphatic carbocycles. The number of fused-ring (bicyclic) bond motifs is 1. The Bertz CT molecular complexity index is 1240. The van der Waals surface area contributed by atoms with Gasteiger partial charge in [0.15, 0.2) is 0 Å². The van der Waals surface area contributed by atoms with Crippen LogP contribution in [0, 0.1) is 11.6 Å². The van der Waals surface area contributed by atoms with Gasteiger partial charge in [-0.15, -0.1) is 11.3 Å². The highest BCUT2D eigenvalue weighted by molar-refractivity contribution is 7.17. The summed E-state index contributed by atoms with van der Waals surface area (Å²) in [5, 5.41) is 1.75. The van der Waals surface area contributed by atoms with Gasteiger partial charge in [-0.3, -0.25) is 13.9 Å². The Morgan fingerprint density at radius 3 is 2.30 bits per heavy atom. The zero-order valence-corrected chi connectivity index (χ0v) is 14.9. The molecule has 4 rings (SSSR count). The van der Waals surface area contributed by atoms with E-state index in [-0.39, 0.29) is 30.3 Å². The number of hydrogen-bond acceptors (Lipinski definition) is 3. The number of aromatic nitrogens is 2. The Morgan fingerprint density at radius 2 is 1.56 bits per heavy atom. The van der Waals surface area contributed by atoms with Gasteiger partial charge in [-0.2, -0.15) is 0 Å². The van der Waals surface area contributed by atoms with Crippen LogP contribution in [0.15, 0.2) is 69.6 Å². The molecule has 0 saturated heterocycles. The molecule has 0 aliphatic rings. The zero-order chi connectivity index (χ0) is 19.0. The van der Waals surface area contributed by atoms with E-state index in [4.69, 9.17) is 0 Å². The minimum absolute atomic E-state index is 0.0366. The SMILES string of the molecule is O=c1c2sccc2n(Cc2cccc(F)c2)c(=O)n1Cc1ccc(F)cc1. The van der Waals surface area contributed by atoms with E-state index in [1.54, 1.807) is 23.6 Å². The van der Waals surface area contributed by atoms with E-state index in [9.17, 15) is 18.4 Å². The topological polar surface area (TPSA) is 44.0 Å². The van der Waals surface area contributed by atoms with Gasteiger partial charge in [0.1, 0.15) is 16.3 Å². The monoisotopic (exact) mass is 384 g/mol. The van der Waals surface area contributed by atoms with Gasteiger partial charge in [-0.1, -0.05) is 24.3 Å². The van der Waals surface area contributed by atoms with E-state index in [0.717, 1.165) is 4.57 Å². The van der Waals surface area contributed by atoms with Gasteiger partial charge in [0.05, 0.1) is 18.6 Å². The van der Waals surface area contributed by atoms with Crippen molar-refractivity contribution in [2.45, 2.75) is 13.1 Å².